The van der Waals surface area contributed by atoms with E-state index in [1.807, 2.05) is 36.3 Å². The number of ether oxygens (including phenoxy) is 1. The fourth-order valence-corrected chi connectivity index (χ4v) is 4.37. The van der Waals surface area contributed by atoms with E-state index < -0.39 is 6.04 Å². The van der Waals surface area contributed by atoms with Gasteiger partial charge >= 0.3 is 0 Å². The van der Waals surface area contributed by atoms with Crippen LogP contribution in [0.5, 0.6) is 0 Å². The summed E-state index contributed by atoms with van der Waals surface area (Å²) >= 11 is 7.78. The SMILES string of the molecule is CC(C)[C@H](NC(=O)c1ccccc1Cl)C(=O)N(Cc1cccs1)CC1CCCO1. The van der Waals surface area contributed by atoms with Gasteiger partial charge in [-0.25, -0.2) is 0 Å². The Bertz CT molecular complexity index is 819. The number of hydrogen-bond donors (Lipinski definition) is 1. The monoisotopic (exact) mass is 434 g/mol. The van der Waals surface area contributed by atoms with E-state index in [1.54, 1.807) is 35.6 Å². The van der Waals surface area contributed by atoms with Crippen LogP contribution < -0.4 is 5.32 Å². The molecule has 0 spiro atoms. The van der Waals surface area contributed by atoms with Gasteiger partial charge in [0.2, 0.25) is 5.91 Å². The van der Waals surface area contributed by atoms with Crippen LogP contribution in [0.3, 0.4) is 0 Å². The lowest BCUT2D eigenvalue weighted by molar-refractivity contribution is -0.136. The number of amides is 2. The molecule has 2 amide bonds. The van der Waals surface area contributed by atoms with Crippen molar-refractivity contribution in [3.63, 3.8) is 0 Å². The largest absolute Gasteiger partial charge is 0.376 e. The number of carbonyl (C=O) groups is 2. The van der Waals surface area contributed by atoms with Crippen LogP contribution in [0.4, 0.5) is 0 Å². The molecule has 1 N–H and O–H groups in total. The van der Waals surface area contributed by atoms with E-state index in [2.05, 4.69) is 5.32 Å². The molecule has 3 rings (SSSR count). The van der Waals surface area contributed by atoms with Crippen molar-refractivity contribution in [2.75, 3.05) is 13.2 Å². The predicted molar refractivity (Wildman–Crippen MR) is 116 cm³/mol. The molecule has 0 radical (unpaired) electrons. The summed E-state index contributed by atoms with van der Waals surface area (Å²) in [5.41, 5.74) is 0.372. The van der Waals surface area contributed by atoms with Gasteiger partial charge in [0.1, 0.15) is 6.04 Å². The quantitative estimate of drug-likeness (QED) is 0.671. The molecule has 1 aliphatic rings. The van der Waals surface area contributed by atoms with E-state index in [-0.39, 0.29) is 23.8 Å². The molecule has 5 nitrogen and oxygen atoms in total. The first-order valence-corrected chi connectivity index (χ1v) is 11.2. The number of hydrogen-bond acceptors (Lipinski definition) is 4. The Hall–Kier alpha value is -1.89. The van der Waals surface area contributed by atoms with Gasteiger partial charge in [-0.2, -0.15) is 0 Å². The van der Waals surface area contributed by atoms with E-state index in [0.29, 0.717) is 23.7 Å². The van der Waals surface area contributed by atoms with Crippen molar-refractivity contribution >= 4 is 34.8 Å². The van der Waals surface area contributed by atoms with Crippen LogP contribution in [0.15, 0.2) is 41.8 Å². The Balaban J connectivity index is 1.77. The lowest BCUT2D eigenvalue weighted by Gasteiger charge is -2.31. The van der Waals surface area contributed by atoms with Crippen LogP contribution in [-0.4, -0.2) is 42.0 Å². The van der Waals surface area contributed by atoms with Crippen LogP contribution in [-0.2, 0) is 16.1 Å². The molecule has 1 aromatic heterocycles. The molecule has 1 aromatic carbocycles. The summed E-state index contributed by atoms with van der Waals surface area (Å²) < 4.78 is 5.76. The molecular formula is C22H27ClN2O3S. The molecule has 1 aliphatic heterocycles. The van der Waals surface area contributed by atoms with E-state index in [0.717, 1.165) is 24.3 Å². The van der Waals surface area contributed by atoms with Gasteiger partial charge in [0.25, 0.3) is 5.91 Å². The third kappa shape index (κ3) is 5.81. The Kier molecular flexibility index (Phi) is 7.70. The standard InChI is InChI=1S/C22H27ClN2O3S/c1-15(2)20(24-21(26)18-9-3-4-10-19(18)23)22(27)25(13-16-7-5-11-28-16)14-17-8-6-12-29-17/h3-4,6,8-10,12,15-16,20H,5,7,11,13-14H2,1-2H3,(H,24,26)/t16?,20-/m0/s1. The Morgan fingerprint density at radius 1 is 1.28 bits per heavy atom. The van der Waals surface area contributed by atoms with Gasteiger partial charge in [-0.3, -0.25) is 9.59 Å². The van der Waals surface area contributed by atoms with Gasteiger partial charge < -0.3 is 15.0 Å². The zero-order chi connectivity index (χ0) is 20.8. The minimum atomic E-state index is -0.639. The summed E-state index contributed by atoms with van der Waals surface area (Å²) in [5, 5.41) is 5.28. The highest BCUT2D eigenvalue weighted by molar-refractivity contribution is 7.09. The van der Waals surface area contributed by atoms with Crippen LogP contribution in [0, 0.1) is 5.92 Å². The van der Waals surface area contributed by atoms with Crippen LogP contribution >= 0.6 is 22.9 Å². The molecule has 2 aromatic rings. The maximum atomic E-state index is 13.5. The lowest BCUT2D eigenvalue weighted by atomic mass is 10.0. The third-order valence-corrected chi connectivity index (χ3v) is 6.22. The molecule has 0 aliphatic carbocycles. The lowest BCUT2D eigenvalue weighted by Crippen LogP contribution is -2.52. The van der Waals surface area contributed by atoms with Crippen LogP contribution in [0.2, 0.25) is 5.02 Å². The zero-order valence-corrected chi connectivity index (χ0v) is 18.3. The maximum absolute atomic E-state index is 13.5. The second kappa shape index (κ2) is 10.2. The summed E-state index contributed by atoms with van der Waals surface area (Å²) in [5.74, 6) is -0.496. The van der Waals surface area contributed by atoms with Crippen molar-refractivity contribution in [1.82, 2.24) is 10.2 Å². The van der Waals surface area contributed by atoms with E-state index in [1.165, 1.54) is 0 Å². The number of carbonyl (C=O) groups excluding carboxylic acids is 2. The number of nitrogens with zero attached hydrogens (tertiary/aromatic N) is 1. The summed E-state index contributed by atoms with van der Waals surface area (Å²) in [6.45, 7) is 5.65. The summed E-state index contributed by atoms with van der Waals surface area (Å²) in [4.78, 5) is 29.2. The number of nitrogens with one attached hydrogen (secondary N) is 1. The highest BCUT2D eigenvalue weighted by Crippen LogP contribution is 2.20. The van der Waals surface area contributed by atoms with Gasteiger partial charge in [-0.15, -0.1) is 11.3 Å². The second-order valence-corrected chi connectivity index (χ2v) is 9.05. The van der Waals surface area contributed by atoms with E-state index >= 15 is 0 Å². The highest BCUT2D eigenvalue weighted by atomic mass is 35.5. The van der Waals surface area contributed by atoms with Crippen molar-refractivity contribution in [1.29, 1.82) is 0 Å². The Morgan fingerprint density at radius 2 is 2.07 bits per heavy atom. The summed E-state index contributed by atoms with van der Waals surface area (Å²) in [7, 11) is 0. The summed E-state index contributed by atoms with van der Waals surface area (Å²) in [6, 6.07) is 10.2. The van der Waals surface area contributed by atoms with Crippen molar-refractivity contribution in [2.45, 2.75) is 45.4 Å². The number of thiophene rings is 1. The Labute approximate surface area is 181 Å². The molecular weight excluding hydrogens is 408 g/mol. The molecule has 2 heterocycles. The number of benzene rings is 1. The van der Waals surface area contributed by atoms with Crippen molar-refractivity contribution in [3.8, 4) is 0 Å². The first-order chi connectivity index (χ1) is 14.0. The predicted octanol–water partition coefficient (Wildman–Crippen LogP) is 4.36. The molecule has 7 heteroatoms. The van der Waals surface area contributed by atoms with Crippen molar-refractivity contribution < 1.29 is 14.3 Å². The molecule has 1 unspecified atom stereocenters. The minimum absolute atomic E-state index is 0.0472. The topological polar surface area (TPSA) is 58.6 Å². The average molecular weight is 435 g/mol. The fourth-order valence-electron chi connectivity index (χ4n) is 3.43. The average Bonchev–Trinajstić information content (AvgIpc) is 3.39. The molecule has 2 atom stereocenters. The minimum Gasteiger partial charge on any atom is -0.376 e. The van der Waals surface area contributed by atoms with Gasteiger partial charge in [0.15, 0.2) is 0 Å². The van der Waals surface area contributed by atoms with Gasteiger partial charge in [-0.05, 0) is 42.3 Å². The van der Waals surface area contributed by atoms with Crippen molar-refractivity contribution in [3.05, 3.63) is 57.2 Å². The summed E-state index contributed by atoms with van der Waals surface area (Å²) in [6.07, 6.45) is 2.01. The smallest absolute Gasteiger partial charge is 0.253 e. The van der Waals surface area contributed by atoms with Crippen LogP contribution in [0.25, 0.3) is 0 Å². The normalized spacial score (nSPS) is 17.3. The molecule has 1 fully saturated rings. The third-order valence-electron chi connectivity index (χ3n) is 5.02. The second-order valence-electron chi connectivity index (χ2n) is 7.61. The molecule has 0 saturated carbocycles. The van der Waals surface area contributed by atoms with E-state index in [4.69, 9.17) is 16.3 Å². The van der Waals surface area contributed by atoms with Crippen LogP contribution in [0.1, 0.15) is 41.9 Å². The molecule has 156 valence electrons. The van der Waals surface area contributed by atoms with Gasteiger partial charge in [0.05, 0.1) is 23.2 Å². The first kappa shape index (κ1) is 21.8. The number of halogens is 1. The first-order valence-electron chi connectivity index (χ1n) is 9.94. The van der Waals surface area contributed by atoms with Gasteiger partial charge in [-0.1, -0.05) is 43.6 Å². The Morgan fingerprint density at radius 3 is 2.69 bits per heavy atom. The zero-order valence-electron chi connectivity index (χ0n) is 16.8. The highest BCUT2D eigenvalue weighted by Gasteiger charge is 2.31. The molecule has 1 saturated heterocycles. The molecule has 0 bridgehead atoms. The van der Waals surface area contributed by atoms with Gasteiger partial charge in [0, 0.05) is 18.0 Å². The fraction of sp³-hybridized carbons (Fsp3) is 0.455. The maximum Gasteiger partial charge on any atom is 0.253 e. The van der Waals surface area contributed by atoms with Crippen molar-refractivity contribution in [2.24, 2.45) is 5.92 Å². The number of rotatable bonds is 8. The van der Waals surface area contributed by atoms with E-state index in [9.17, 15) is 9.59 Å². The molecule has 29 heavy (non-hydrogen) atoms.